The Balaban J connectivity index is 1.12. The fraction of sp³-hybridized carbons (Fsp3) is 0.933. The van der Waals surface area contributed by atoms with E-state index in [0.29, 0.717) is 36.1 Å². The zero-order chi connectivity index (χ0) is 23.5. The van der Waals surface area contributed by atoms with Crippen molar-refractivity contribution in [2.24, 2.45) is 58.2 Å². The van der Waals surface area contributed by atoms with Gasteiger partial charge in [-0.1, -0.05) is 20.8 Å². The van der Waals surface area contributed by atoms with E-state index in [-0.39, 0.29) is 28.2 Å². The molecule has 0 radical (unpaired) electrons. The van der Waals surface area contributed by atoms with Crippen LogP contribution in [0.4, 0.5) is 0 Å². The number of hydrogen-bond donors (Lipinski definition) is 2. The zero-order valence-corrected chi connectivity index (χ0v) is 21.7. The molecule has 188 valence electrons. The van der Waals surface area contributed by atoms with Crippen molar-refractivity contribution >= 4 is 11.8 Å². The van der Waals surface area contributed by atoms with E-state index in [1.54, 1.807) is 0 Å². The molecule has 7 saturated carbocycles. The first kappa shape index (κ1) is 22.2. The highest BCUT2D eigenvalue weighted by atomic mass is 16.2. The number of carbonyl (C=O) groups excluding carboxylic acids is 2. The molecule has 8 atom stereocenters. The lowest BCUT2D eigenvalue weighted by molar-refractivity contribution is -0.145. The van der Waals surface area contributed by atoms with E-state index in [4.69, 9.17) is 0 Å². The third-order valence-electron chi connectivity index (χ3n) is 13.1. The minimum absolute atomic E-state index is 0.128. The highest BCUT2D eigenvalue weighted by Gasteiger charge is 2.63. The van der Waals surface area contributed by atoms with Gasteiger partial charge < -0.3 is 10.6 Å². The van der Waals surface area contributed by atoms with Gasteiger partial charge in [0, 0.05) is 23.9 Å². The molecule has 0 aromatic heterocycles. The number of fused-ring (bicyclic) bond motifs is 5. The second-order valence-electron chi connectivity index (χ2n) is 15.0. The summed E-state index contributed by atoms with van der Waals surface area (Å²) in [5.41, 5.74) is 0.526. The van der Waals surface area contributed by atoms with Gasteiger partial charge in [0.25, 0.3) is 0 Å². The van der Waals surface area contributed by atoms with Crippen LogP contribution < -0.4 is 10.6 Å². The van der Waals surface area contributed by atoms with Crippen molar-refractivity contribution in [3.05, 3.63) is 0 Å². The van der Waals surface area contributed by atoms with Crippen LogP contribution in [0.15, 0.2) is 0 Å². The predicted molar refractivity (Wildman–Crippen MR) is 133 cm³/mol. The van der Waals surface area contributed by atoms with E-state index in [1.807, 2.05) is 0 Å². The van der Waals surface area contributed by atoms with Crippen LogP contribution in [0, 0.1) is 58.2 Å². The number of carbonyl (C=O) groups is 2. The summed E-state index contributed by atoms with van der Waals surface area (Å²) in [7, 11) is 0. The molecular weight excluding hydrogens is 420 g/mol. The van der Waals surface area contributed by atoms with Gasteiger partial charge >= 0.3 is 0 Å². The molecule has 0 aromatic carbocycles. The van der Waals surface area contributed by atoms with Crippen LogP contribution in [0.5, 0.6) is 0 Å². The Morgan fingerprint density at radius 1 is 0.882 bits per heavy atom. The van der Waals surface area contributed by atoms with E-state index < -0.39 is 0 Å². The van der Waals surface area contributed by atoms with Crippen LogP contribution in [-0.4, -0.2) is 23.4 Å². The van der Waals surface area contributed by atoms with Crippen molar-refractivity contribution in [3.8, 4) is 0 Å². The summed E-state index contributed by atoms with van der Waals surface area (Å²) in [6.07, 6.45) is 15.8. The molecule has 34 heavy (non-hydrogen) atoms. The van der Waals surface area contributed by atoms with Crippen molar-refractivity contribution < 1.29 is 9.59 Å². The Morgan fingerprint density at radius 3 is 2.24 bits per heavy atom. The fourth-order valence-corrected chi connectivity index (χ4v) is 12.2. The molecule has 0 spiro atoms. The van der Waals surface area contributed by atoms with E-state index in [1.165, 1.54) is 64.2 Å². The third kappa shape index (κ3) is 3.01. The predicted octanol–water partition coefficient (Wildman–Crippen LogP) is 5.45. The van der Waals surface area contributed by atoms with Gasteiger partial charge in [-0.2, -0.15) is 0 Å². The zero-order valence-electron chi connectivity index (χ0n) is 21.7. The second-order valence-corrected chi connectivity index (χ2v) is 15.0. The summed E-state index contributed by atoms with van der Waals surface area (Å²) < 4.78 is 0. The van der Waals surface area contributed by atoms with Crippen LogP contribution in [0.25, 0.3) is 0 Å². The SMILES string of the molecule is CC1C[C@H]2[C@@H]3CCC4NC(=O)CC[C@]4(C)[C@@H]3CC[C@]2(C)C1C(=O)NC12CC3CC(CC(C3)C1)C2. The molecule has 7 aliphatic carbocycles. The maximum atomic E-state index is 14.1. The monoisotopic (exact) mass is 466 g/mol. The van der Waals surface area contributed by atoms with Crippen molar-refractivity contribution in [3.63, 3.8) is 0 Å². The number of amides is 2. The van der Waals surface area contributed by atoms with Crippen LogP contribution >= 0.6 is 0 Å². The smallest absolute Gasteiger partial charge is 0.224 e. The number of rotatable bonds is 2. The Hall–Kier alpha value is -1.06. The molecule has 4 bridgehead atoms. The van der Waals surface area contributed by atoms with Gasteiger partial charge in [-0.15, -0.1) is 0 Å². The highest BCUT2D eigenvalue weighted by molar-refractivity contribution is 5.81. The largest absolute Gasteiger partial charge is 0.353 e. The van der Waals surface area contributed by atoms with Gasteiger partial charge in [-0.3, -0.25) is 9.59 Å². The van der Waals surface area contributed by atoms with Gasteiger partial charge in [0.05, 0.1) is 0 Å². The van der Waals surface area contributed by atoms with E-state index in [2.05, 4.69) is 31.4 Å². The minimum Gasteiger partial charge on any atom is -0.353 e. The quantitative estimate of drug-likeness (QED) is 0.568. The number of nitrogens with one attached hydrogen (secondary N) is 2. The minimum atomic E-state index is 0.128. The number of piperidine rings is 1. The lowest BCUT2D eigenvalue weighted by atomic mass is 9.47. The van der Waals surface area contributed by atoms with Gasteiger partial charge in [-0.05, 0) is 129 Å². The summed E-state index contributed by atoms with van der Waals surface area (Å²) in [6.45, 7) is 7.36. The maximum Gasteiger partial charge on any atom is 0.224 e. The first-order valence-corrected chi connectivity index (χ1v) is 14.8. The fourth-order valence-electron chi connectivity index (χ4n) is 12.2. The molecule has 1 saturated heterocycles. The third-order valence-corrected chi connectivity index (χ3v) is 13.1. The molecule has 2 amide bonds. The molecule has 4 heteroatoms. The molecule has 8 aliphatic rings. The molecule has 8 fully saturated rings. The summed E-state index contributed by atoms with van der Waals surface area (Å²) in [4.78, 5) is 26.2. The van der Waals surface area contributed by atoms with Crippen molar-refractivity contribution in [1.29, 1.82) is 0 Å². The lowest BCUT2D eigenvalue weighted by Crippen LogP contribution is -2.63. The van der Waals surface area contributed by atoms with Gasteiger partial charge in [-0.25, -0.2) is 0 Å². The van der Waals surface area contributed by atoms with Gasteiger partial charge in [0.2, 0.25) is 11.8 Å². The van der Waals surface area contributed by atoms with Crippen molar-refractivity contribution in [2.75, 3.05) is 0 Å². The van der Waals surface area contributed by atoms with E-state index in [9.17, 15) is 9.59 Å². The summed E-state index contributed by atoms with van der Waals surface area (Å²) >= 11 is 0. The first-order valence-electron chi connectivity index (χ1n) is 14.8. The first-order chi connectivity index (χ1) is 16.2. The normalized spacial score (nSPS) is 57.4. The Bertz CT molecular complexity index is 863. The maximum absolute atomic E-state index is 14.1. The molecule has 4 nitrogen and oxygen atoms in total. The van der Waals surface area contributed by atoms with Gasteiger partial charge in [0.1, 0.15) is 0 Å². The summed E-state index contributed by atoms with van der Waals surface area (Å²) in [5.74, 6) is 6.08. The average molecular weight is 467 g/mol. The van der Waals surface area contributed by atoms with Gasteiger partial charge in [0.15, 0.2) is 0 Å². The highest BCUT2D eigenvalue weighted by Crippen LogP contribution is 2.67. The standard InChI is InChI=1S/C30H46N2O2/c1-17-10-23-21-4-5-24-28(2,9-7-25(33)31-24)22(21)6-8-29(23,3)26(17)27(34)32-30-14-18-11-19(15-30)13-20(12-18)16-30/h17-24,26H,4-16H2,1-3H3,(H,31,33)(H,32,34)/t17?,18?,19?,20?,21-,22-,23+,24?,26?,28-,29+,30?/m1/s1. The molecule has 0 aromatic rings. The molecule has 8 rings (SSSR count). The molecule has 1 aliphatic heterocycles. The lowest BCUT2D eigenvalue weighted by Gasteiger charge is -2.60. The second kappa shape index (κ2) is 7.25. The van der Waals surface area contributed by atoms with Crippen LogP contribution in [0.3, 0.4) is 0 Å². The molecule has 2 N–H and O–H groups in total. The van der Waals surface area contributed by atoms with Crippen LogP contribution in [0.1, 0.15) is 104 Å². The van der Waals surface area contributed by atoms with E-state index >= 15 is 0 Å². The molecular formula is C30H46N2O2. The topological polar surface area (TPSA) is 58.2 Å². The molecule has 1 heterocycles. The summed E-state index contributed by atoms with van der Waals surface area (Å²) in [5, 5.41) is 7.16. The van der Waals surface area contributed by atoms with Crippen molar-refractivity contribution in [2.45, 2.75) is 116 Å². The van der Waals surface area contributed by atoms with Crippen LogP contribution in [-0.2, 0) is 9.59 Å². The average Bonchev–Trinajstić information content (AvgIpc) is 3.03. The van der Waals surface area contributed by atoms with E-state index in [0.717, 1.165) is 36.5 Å². The molecule has 3 unspecified atom stereocenters. The Kier molecular flexibility index (Phi) is 4.73. The Morgan fingerprint density at radius 2 is 1.56 bits per heavy atom. The Labute approximate surface area is 206 Å². The van der Waals surface area contributed by atoms with Crippen LogP contribution in [0.2, 0.25) is 0 Å². The van der Waals surface area contributed by atoms with Crippen molar-refractivity contribution in [1.82, 2.24) is 10.6 Å². The summed E-state index contributed by atoms with van der Waals surface area (Å²) in [6, 6.07) is 0.369. The number of hydrogen-bond acceptors (Lipinski definition) is 2.